The predicted octanol–water partition coefficient (Wildman–Crippen LogP) is 2.82. The minimum Gasteiger partial charge on any atom is -0.366 e. The minimum atomic E-state index is -0.368. The molecule has 1 fully saturated rings. The van der Waals surface area contributed by atoms with Gasteiger partial charge in [0.15, 0.2) is 0 Å². The fourth-order valence-corrected chi connectivity index (χ4v) is 3.42. The van der Waals surface area contributed by atoms with Crippen LogP contribution in [-0.4, -0.2) is 41.2 Å². The third-order valence-corrected chi connectivity index (χ3v) is 4.56. The maximum Gasteiger partial charge on any atom is 0.278 e. The van der Waals surface area contributed by atoms with Gasteiger partial charge in [0.2, 0.25) is 0 Å². The number of rotatable bonds is 4. The second-order valence-corrected chi connectivity index (χ2v) is 6.43. The molecule has 0 N–H and O–H groups in total. The van der Waals surface area contributed by atoms with Gasteiger partial charge in [-0.25, -0.2) is 4.39 Å². The van der Waals surface area contributed by atoms with Crippen LogP contribution in [-0.2, 0) is 9.59 Å². The number of nitrogens with zero attached hydrogens (tertiary/aromatic N) is 2. The quantitative estimate of drug-likeness (QED) is 0.630. The Hall–Kier alpha value is -2.43. The van der Waals surface area contributed by atoms with Crippen LogP contribution < -0.4 is 0 Å². The molecule has 24 heavy (non-hydrogen) atoms. The molecule has 0 aliphatic carbocycles. The Labute approximate surface area is 141 Å². The Kier molecular flexibility index (Phi) is 4.51. The van der Waals surface area contributed by atoms with E-state index in [1.807, 2.05) is 4.90 Å². The molecular formula is C19H21FN2O2. The zero-order valence-electron chi connectivity index (χ0n) is 13.8. The van der Waals surface area contributed by atoms with Crippen molar-refractivity contribution < 1.29 is 14.0 Å². The summed E-state index contributed by atoms with van der Waals surface area (Å²) >= 11 is 0. The number of hydrogen-bond acceptors (Lipinski definition) is 3. The first-order valence-corrected chi connectivity index (χ1v) is 8.25. The summed E-state index contributed by atoms with van der Waals surface area (Å²) in [6.45, 7) is 7.45. The van der Waals surface area contributed by atoms with Crippen molar-refractivity contribution in [2.45, 2.75) is 19.8 Å². The summed E-state index contributed by atoms with van der Waals surface area (Å²) in [5.74, 6) is -0.516. The lowest BCUT2D eigenvalue weighted by atomic mass is 9.98. The molecule has 0 aromatic heterocycles. The molecule has 1 atom stereocenters. The molecule has 2 heterocycles. The van der Waals surface area contributed by atoms with Crippen LogP contribution in [0.2, 0.25) is 0 Å². The lowest BCUT2D eigenvalue weighted by Gasteiger charge is -2.33. The average molecular weight is 328 g/mol. The van der Waals surface area contributed by atoms with E-state index in [9.17, 15) is 14.0 Å². The Balaban J connectivity index is 2.08. The van der Waals surface area contributed by atoms with Crippen molar-refractivity contribution in [2.75, 3.05) is 19.6 Å². The molecule has 1 unspecified atom stereocenters. The van der Waals surface area contributed by atoms with Gasteiger partial charge in [-0.3, -0.25) is 14.5 Å². The molecule has 2 aliphatic rings. The minimum absolute atomic E-state index is 0.176. The summed E-state index contributed by atoms with van der Waals surface area (Å²) in [5, 5.41) is 0. The highest BCUT2D eigenvalue weighted by Gasteiger charge is 2.41. The van der Waals surface area contributed by atoms with E-state index >= 15 is 0 Å². The number of carbonyl (C=O) groups excluding carboxylic acids is 2. The van der Waals surface area contributed by atoms with Gasteiger partial charge in [-0.05, 0) is 36.5 Å². The maximum atomic E-state index is 13.2. The number of amides is 2. The van der Waals surface area contributed by atoms with Crippen LogP contribution in [0.25, 0.3) is 5.57 Å². The molecule has 0 bridgehead atoms. The fourth-order valence-electron chi connectivity index (χ4n) is 3.42. The highest BCUT2D eigenvalue weighted by atomic mass is 19.1. The van der Waals surface area contributed by atoms with Crippen molar-refractivity contribution in [1.82, 2.24) is 9.80 Å². The monoisotopic (exact) mass is 328 g/mol. The van der Waals surface area contributed by atoms with Crippen molar-refractivity contribution in [3.8, 4) is 0 Å². The number of halogens is 1. The Morgan fingerprint density at radius 2 is 1.96 bits per heavy atom. The van der Waals surface area contributed by atoms with E-state index in [0.29, 0.717) is 22.8 Å². The Bertz CT molecular complexity index is 709. The van der Waals surface area contributed by atoms with Crippen LogP contribution in [0.5, 0.6) is 0 Å². The summed E-state index contributed by atoms with van der Waals surface area (Å²) in [6.07, 6.45) is 3.65. The molecule has 0 radical (unpaired) electrons. The van der Waals surface area contributed by atoms with Gasteiger partial charge in [0.1, 0.15) is 11.5 Å². The van der Waals surface area contributed by atoms with Crippen molar-refractivity contribution in [1.29, 1.82) is 0 Å². The fraction of sp³-hybridized carbons (Fsp3) is 0.368. The van der Waals surface area contributed by atoms with Crippen LogP contribution in [0.1, 0.15) is 25.3 Å². The molecule has 1 aromatic rings. The first kappa shape index (κ1) is 16.4. The second-order valence-electron chi connectivity index (χ2n) is 6.43. The third-order valence-electron chi connectivity index (χ3n) is 4.56. The standard InChI is InChI=1S/C19H21FN2O2/c1-3-10-22-18(23)16(14-6-8-15(20)9-7-14)17(19(22)24)21-11-4-5-13(2)12-21/h3,6-9,13H,1,4-5,10-12H2,2H3. The molecule has 1 saturated heterocycles. The van der Waals surface area contributed by atoms with Gasteiger partial charge in [0.25, 0.3) is 11.8 Å². The summed E-state index contributed by atoms with van der Waals surface area (Å²) in [7, 11) is 0. The lowest BCUT2D eigenvalue weighted by Crippen LogP contribution is -2.39. The first-order valence-electron chi connectivity index (χ1n) is 8.25. The van der Waals surface area contributed by atoms with Crippen LogP contribution >= 0.6 is 0 Å². The normalized spacial score (nSPS) is 21.7. The van der Waals surface area contributed by atoms with Gasteiger partial charge in [0.05, 0.1) is 5.57 Å². The molecule has 4 nitrogen and oxygen atoms in total. The van der Waals surface area contributed by atoms with Gasteiger partial charge in [-0.2, -0.15) is 0 Å². The molecule has 0 spiro atoms. The summed E-state index contributed by atoms with van der Waals surface area (Å²) in [5.41, 5.74) is 1.39. The van der Waals surface area contributed by atoms with Gasteiger partial charge in [0, 0.05) is 19.6 Å². The maximum absolute atomic E-state index is 13.2. The predicted molar refractivity (Wildman–Crippen MR) is 90.2 cm³/mol. The first-order chi connectivity index (χ1) is 11.5. The number of likely N-dealkylation sites (tertiary alicyclic amines) is 1. The topological polar surface area (TPSA) is 40.6 Å². The molecule has 3 rings (SSSR count). The van der Waals surface area contributed by atoms with Crippen LogP contribution in [0, 0.1) is 11.7 Å². The number of benzene rings is 1. The van der Waals surface area contributed by atoms with Crippen LogP contribution in [0.4, 0.5) is 4.39 Å². The van der Waals surface area contributed by atoms with E-state index in [1.165, 1.54) is 17.0 Å². The number of hydrogen-bond donors (Lipinski definition) is 0. The third kappa shape index (κ3) is 2.86. The SMILES string of the molecule is C=CCN1C(=O)C(c2ccc(F)cc2)=C(N2CCCC(C)C2)C1=O. The zero-order chi connectivity index (χ0) is 17.3. The van der Waals surface area contributed by atoms with Crippen molar-refractivity contribution >= 4 is 17.4 Å². The molecule has 1 aromatic carbocycles. The summed E-state index contributed by atoms with van der Waals surface area (Å²) < 4.78 is 13.2. The van der Waals surface area contributed by atoms with Gasteiger partial charge >= 0.3 is 0 Å². The molecule has 5 heteroatoms. The van der Waals surface area contributed by atoms with E-state index in [4.69, 9.17) is 0 Å². The van der Waals surface area contributed by atoms with Crippen molar-refractivity contribution in [2.24, 2.45) is 5.92 Å². The van der Waals surface area contributed by atoms with Crippen molar-refractivity contribution in [3.63, 3.8) is 0 Å². The summed E-state index contributed by atoms with van der Waals surface area (Å²) in [6, 6.07) is 5.74. The number of piperidine rings is 1. The largest absolute Gasteiger partial charge is 0.366 e. The highest BCUT2D eigenvalue weighted by molar-refractivity contribution is 6.35. The van der Waals surface area contributed by atoms with E-state index in [0.717, 1.165) is 25.9 Å². The van der Waals surface area contributed by atoms with Gasteiger partial charge < -0.3 is 4.90 Å². The average Bonchev–Trinajstić information content (AvgIpc) is 2.81. The highest BCUT2D eigenvalue weighted by Crippen LogP contribution is 2.33. The van der Waals surface area contributed by atoms with Crippen LogP contribution in [0.15, 0.2) is 42.6 Å². The van der Waals surface area contributed by atoms with E-state index < -0.39 is 0 Å². The van der Waals surface area contributed by atoms with Gasteiger partial charge in [-0.15, -0.1) is 6.58 Å². The smallest absolute Gasteiger partial charge is 0.278 e. The van der Waals surface area contributed by atoms with Gasteiger partial charge in [-0.1, -0.05) is 25.1 Å². The number of imide groups is 1. The molecule has 126 valence electrons. The molecule has 2 aliphatic heterocycles. The van der Waals surface area contributed by atoms with Crippen LogP contribution in [0.3, 0.4) is 0 Å². The lowest BCUT2D eigenvalue weighted by molar-refractivity contribution is -0.137. The second kappa shape index (κ2) is 6.59. The Morgan fingerprint density at radius 1 is 1.25 bits per heavy atom. The zero-order valence-corrected chi connectivity index (χ0v) is 13.8. The molecule has 2 amide bonds. The van der Waals surface area contributed by atoms with E-state index in [-0.39, 0.29) is 24.2 Å². The van der Waals surface area contributed by atoms with E-state index in [2.05, 4.69) is 13.5 Å². The van der Waals surface area contributed by atoms with E-state index in [1.54, 1.807) is 18.2 Å². The number of carbonyl (C=O) groups is 2. The Morgan fingerprint density at radius 3 is 2.58 bits per heavy atom. The van der Waals surface area contributed by atoms with Crippen molar-refractivity contribution in [3.05, 3.63) is 54.0 Å². The molecular weight excluding hydrogens is 307 g/mol. The summed E-state index contributed by atoms with van der Waals surface area (Å²) in [4.78, 5) is 28.9. The molecule has 0 saturated carbocycles.